The van der Waals surface area contributed by atoms with Gasteiger partial charge in [0, 0.05) is 6.08 Å². The molecule has 0 radical (unpaired) electrons. The van der Waals surface area contributed by atoms with E-state index in [0.717, 1.165) is 19.3 Å². The molecule has 3 atom stereocenters. The molecule has 2 heterocycles. The van der Waals surface area contributed by atoms with E-state index >= 15 is 0 Å². The lowest BCUT2D eigenvalue weighted by Crippen LogP contribution is -2.51. The largest absolute Gasteiger partial charge is 0.464 e. The highest BCUT2D eigenvalue weighted by molar-refractivity contribution is 5.85. The number of cyclic esters (lactones) is 1. The molecular formula is C26H43NO6. The van der Waals surface area contributed by atoms with Crippen LogP contribution < -0.4 is 0 Å². The molecule has 0 N–H and O–H groups in total. The molecule has 2 unspecified atom stereocenters. The van der Waals surface area contributed by atoms with Crippen molar-refractivity contribution in [2.45, 2.75) is 129 Å². The van der Waals surface area contributed by atoms with Crippen LogP contribution in [0.2, 0.25) is 0 Å². The van der Waals surface area contributed by atoms with Gasteiger partial charge in [0.2, 0.25) is 0 Å². The van der Waals surface area contributed by atoms with Gasteiger partial charge in [-0.1, -0.05) is 64.7 Å². The predicted molar refractivity (Wildman–Crippen MR) is 127 cm³/mol. The Kier molecular flexibility index (Phi) is 11.2. The second kappa shape index (κ2) is 13.6. The van der Waals surface area contributed by atoms with Crippen LogP contribution in [0.4, 0.5) is 4.79 Å². The molecule has 7 nitrogen and oxygen atoms in total. The van der Waals surface area contributed by atoms with Crippen LogP contribution in [-0.2, 0) is 23.8 Å². The molecule has 188 valence electrons. The maximum atomic E-state index is 12.9. The van der Waals surface area contributed by atoms with Gasteiger partial charge in [-0.25, -0.2) is 14.4 Å². The van der Waals surface area contributed by atoms with Gasteiger partial charge in [-0.3, -0.25) is 4.90 Å². The number of carbonyl (C=O) groups excluding carboxylic acids is 3. The number of likely N-dealkylation sites (tertiary alicyclic amines) is 1. The fourth-order valence-corrected chi connectivity index (χ4v) is 4.42. The van der Waals surface area contributed by atoms with Crippen molar-refractivity contribution in [3.8, 4) is 0 Å². The number of hydrogen-bond acceptors (Lipinski definition) is 6. The van der Waals surface area contributed by atoms with Crippen LogP contribution in [0.25, 0.3) is 0 Å². The Morgan fingerprint density at radius 1 is 1.00 bits per heavy atom. The number of nitrogens with zero attached hydrogens (tertiary/aromatic N) is 1. The van der Waals surface area contributed by atoms with E-state index in [9.17, 15) is 14.4 Å². The Morgan fingerprint density at radius 3 is 2.15 bits per heavy atom. The summed E-state index contributed by atoms with van der Waals surface area (Å²) < 4.78 is 16.4. The summed E-state index contributed by atoms with van der Waals surface area (Å²) in [5, 5.41) is 0. The molecule has 33 heavy (non-hydrogen) atoms. The number of carbonyl (C=O) groups is 3. The van der Waals surface area contributed by atoms with E-state index < -0.39 is 41.8 Å². The van der Waals surface area contributed by atoms with Crippen LogP contribution in [0.5, 0.6) is 0 Å². The minimum absolute atomic E-state index is 0.358. The van der Waals surface area contributed by atoms with Crippen molar-refractivity contribution < 1.29 is 28.6 Å². The summed E-state index contributed by atoms with van der Waals surface area (Å²) in [7, 11) is 0. The van der Waals surface area contributed by atoms with E-state index in [0.29, 0.717) is 19.4 Å². The van der Waals surface area contributed by atoms with Crippen molar-refractivity contribution in [3.05, 3.63) is 12.2 Å². The van der Waals surface area contributed by atoms with E-state index in [-0.39, 0.29) is 0 Å². The molecule has 1 saturated heterocycles. The van der Waals surface area contributed by atoms with E-state index in [1.807, 2.05) is 0 Å². The summed E-state index contributed by atoms with van der Waals surface area (Å²) in [5.74, 6) is -0.844. The van der Waals surface area contributed by atoms with E-state index in [4.69, 9.17) is 14.2 Å². The van der Waals surface area contributed by atoms with Crippen molar-refractivity contribution >= 4 is 18.0 Å². The van der Waals surface area contributed by atoms with Crippen LogP contribution in [0.1, 0.15) is 105 Å². The average Bonchev–Trinajstić information content (AvgIpc) is 3.37. The molecule has 0 aliphatic carbocycles. The van der Waals surface area contributed by atoms with Crippen molar-refractivity contribution in [2.75, 3.05) is 6.61 Å². The quantitative estimate of drug-likeness (QED) is 0.197. The minimum atomic E-state index is -0.722. The molecule has 2 aliphatic rings. The summed E-state index contributed by atoms with van der Waals surface area (Å²) in [6.07, 6.45) is 15.0. The SMILES string of the molecule is CCCCCCCCCCCCOC(=O)[C@@H]1CCC(C2C=CC(=O)O2)N1C(=O)OC(C)(C)C. The molecule has 0 aromatic carbocycles. The third-order valence-electron chi connectivity index (χ3n) is 6.10. The first-order valence-electron chi connectivity index (χ1n) is 12.8. The Bertz CT molecular complexity index is 668. The Hall–Kier alpha value is -2.05. The average molecular weight is 466 g/mol. The topological polar surface area (TPSA) is 82.1 Å². The Labute approximate surface area is 199 Å². The van der Waals surface area contributed by atoms with Gasteiger partial charge >= 0.3 is 18.0 Å². The minimum Gasteiger partial charge on any atom is -0.464 e. The first-order chi connectivity index (χ1) is 15.7. The van der Waals surface area contributed by atoms with Crippen LogP contribution in [0.3, 0.4) is 0 Å². The molecule has 1 fully saturated rings. The molecule has 7 heteroatoms. The van der Waals surface area contributed by atoms with Crippen LogP contribution in [0, 0.1) is 0 Å². The third kappa shape index (κ3) is 9.38. The van der Waals surface area contributed by atoms with Crippen molar-refractivity contribution in [3.63, 3.8) is 0 Å². The predicted octanol–water partition coefficient (Wildman–Crippen LogP) is 5.70. The Morgan fingerprint density at radius 2 is 1.61 bits per heavy atom. The molecule has 0 bridgehead atoms. The molecule has 0 aromatic heterocycles. The van der Waals surface area contributed by atoms with E-state index in [1.54, 1.807) is 26.8 Å². The summed E-state index contributed by atoms with van der Waals surface area (Å²) in [4.78, 5) is 38.7. The van der Waals surface area contributed by atoms with Crippen molar-refractivity contribution in [2.24, 2.45) is 0 Å². The molecule has 0 saturated carbocycles. The summed E-state index contributed by atoms with van der Waals surface area (Å²) >= 11 is 0. The standard InChI is InChI=1S/C26H43NO6/c1-5-6-7-8-9-10-11-12-13-14-19-31-24(29)21-16-15-20(22-17-18-23(28)32-22)27(21)25(30)33-26(2,3)4/h17-18,20-22H,5-16,19H2,1-4H3/t20?,21-,22?/m0/s1. The van der Waals surface area contributed by atoms with Gasteiger partial charge in [0.05, 0.1) is 12.6 Å². The number of esters is 2. The highest BCUT2D eigenvalue weighted by Gasteiger charge is 2.48. The van der Waals surface area contributed by atoms with Crippen LogP contribution >= 0.6 is 0 Å². The summed E-state index contributed by atoms with van der Waals surface area (Å²) in [6, 6.07) is -1.15. The highest BCUT2D eigenvalue weighted by Crippen LogP contribution is 2.32. The number of rotatable bonds is 13. The van der Waals surface area contributed by atoms with E-state index in [1.165, 1.54) is 55.9 Å². The Balaban J connectivity index is 1.77. The fraction of sp³-hybridized carbons (Fsp3) is 0.808. The lowest BCUT2D eigenvalue weighted by atomic mass is 10.1. The number of amides is 1. The van der Waals surface area contributed by atoms with Crippen molar-refractivity contribution in [1.82, 2.24) is 4.90 Å². The molecule has 0 aromatic rings. The summed E-state index contributed by atoms with van der Waals surface area (Å²) in [5.41, 5.74) is -0.698. The van der Waals surface area contributed by atoms with Gasteiger partial charge in [0.25, 0.3) is 0 Å². The molecule has 2 rings (SSSR count). The zero-order chi connectivity index (χ0) is 24.3. The van der Waals surface area contributed by atoms with Crippen LogP contribution in [0.15, 0.2) is 12.2 Å². The number of unbranched alkanes of at least 4 members (excludes halogenated alkanes) is 9. The van der Waals surface area contributed by atoms with Gasteiger partial charge in [0.15, 0.2) is 0 Å². The second-order valence-corrected chi connectivity index (χ2v) is 10.2. The fourth-order valence-electron chi connectivity index (χ4n) is 4.42. The zero-order valence-corrected chi connectivity index (χ0v) is 21.0. The maximum Gasteiger partial charge on any atom is 0.411 e. The van der Waals surface area contributed by atoms with E-state index in [2.05, 4.69) is 6.92 Å². The maximum absolute atomic E-state index is 12.9. The molecule has 2 aliphatic heterocycles. The lowest BCUT2D eigenvalue weighted by Gasteiger charge is -2.33. The normalized spacial score (nSPS) is 22.5. The van der Waals surface area contributed by atoms with Gasteiger partial charge in [0.1, 0.15) is 17.7 Å². The van der Waals surface area contributed by atoms with Crippen molar-refractivity contribution in [1.29, 1.82) is 0 Å². The first-order valence-corrected chi connectivity index (χ1v) is 12.8. The summed E-state index contributed by atoms with van der Waals surface area (Å²) in [6.45, 7) is 7.94. The number of hydrogen-bond donors (Lipinski definition) is 0. The smallest absolute Gasteiger partial charge is 0.411 e. The highest BCUT2D eigenvalue weighted by atomic mass is 16.6. The van der Waals surface area contributed by atoms with Gasteiger partial charge in [-0.05, 0) is 46.1 Å². The van der Waals surface area contributed by atoms with Gasteiger partial charge in [-0.15, -0.1) is 0 Å². The molecule has 1 amide bonds. The monoisotopic (exact) mass is 465 g/mol. The van der Waals surface area contributed by atoms with Crippen LogP contribution in [-0.4, -0.2) is 53.3 Å². The molecular weight excluding hydrogens is 422 g/mol. The van der Waals surface area contributed by atoms with Gasteiger partial charge in [-0.2, -0.15) is 0 Å². The third-order valence-corrected chi connectivity index (χ3v) is 6.10. The zero-order valence-electron chi connectivity index (χ0n) is 21.0. The van der Waals surface area contributed by atoms with Gasteiger partial charge < -0.3 is 14.2 Å². The lowest BCUT2D eigenvalue weighted by molar-refractivity contribution is -0.150. The second-order valence-electron chi connectivity index (χ2n) is 10.2. The first kappa shape index (κ1) is 27.2. The molecule has 0 spiro atoms. The number of ether oxygens (including phenoxy) is 3.